The van der Waals surface area contributed by atoms with E-state index in [0.29, 0.717) is 16.9 Å². The van der Waals surface area contributed by atoms with Crippen LogP contribution in [0, 0.1) is 10.1 Å². The summed E-state index contributed by atoms with van der Waals surface area (Å²) in [4.78, 5) is 14.3. The van der Waals surface area contributed by atoms with E-state index in [-0.39, 0.29) is 11.7 Å². The van der Waals surface area contributed by atoms with Gasteiger partial charge in [-0.05, 0) is 6.07 Å². The zero-order valence-electron chi connectivity index (χ0n) is 9.90. The Balaban J connectivity index is 1.95. The third kappa shape index (κ3) is 2.10. The first-order valence-electron chi connectivity index (χ1n) is 5.43. The molecular formula is C11H9N5O3. The van der Waals surface area contributed by atoms with E-state index in [2.05, 4.69) is 15.4 Å². The number of hydrogen-bond acceptors (Lipinski definition) is 6. The smallest absolute Gasteiger partial charge is 0.301 e. The van der Waals surface area contributed by atoms with Gasteiger partial charge in [-0.3, -0.25) is 20.1 Å². The SMILES string of the molecule is Cn1ccc(Nc2nc3cc([N+](=O)[O-])ccc3o2)n1. The molecule has 3 aromatic rings. The number of fused-ring (bicyclic) bond motifs is 1. The Labute approximate surface area is 106 Å². The minimum Gasteiger partial charge on any atom is -0.423 e. The van der Waals surface area contributed by atoms with E-state index in [1.54, 1.807) is 24.0 Å². The Hall–Kier alpha value is -2.90. The van der Waals surface area contributed by atoms with Gasteiger partial charge in [0.1, 0.15) is 5.52 Å². The Kier molecular flexibility index (Phi) is 2.41. The molecule has 0 aliphatic carbocycles. The van der Waals surface area contributed by atoms with Crippen LogP contribution in [0.1, 0.15) is 0 Å². The van der Waals surface area contributed by atoms with Gasteiger partial charge in [-0.1, -0.05) is 0 Å². The summed E-state index contributed by atoms with van der Waals surface area (Å²) in [6.07, 6.45) is 1.77. The predicted octanol–water partition coefficient (Wildman–Crippen LogP) is 2.21. The molecule has 0 amide bonds. The van der Waals surface area contributed by atoms with E-state index in [1.165, 1.54) is 18.2 Å². The Morgan fingerprint density at radius 3 is 2.95 bits per heavy atom. The summed E-state index contributed by atoms with van der Waals surface area (Å²) >= 11 is 0. The summed E-state index contributed by atoms with van der Waals surface area (Å²) in [6.45, 7) is 0. The fourth-order valence-electron chi connectivity index (χ4n) is 1.67. The minimum atomic E-state index is -0.472. The molecule has 2 aromatic heterocycles. The van der Waals surface area contributed by atoms with Crippen LogP contribution in [0.5, 0.6) is 0 Å². The summed E-state index contributed by atoms with van der Waals surface area (Å²) in [5.74, 6) is 0.587. The molecule has 0 aliphatic rings. The van der Waals surface area contributed by atoms with E-state index < -0.39 is 4.92 Å². The number of aromatic nitrogens is 3. The number of hydrogen-bond donors (Lipinski definition) is 1. The Bertz CT molecular complexity index is 761. The second-order valence-electron chi connectivity index (χ2n) is 3.93. The fourth-order valence-corrected chi connectivity index (χ4v) is 1.67. The van der Waals surface area contributed by atoms with Crippen molar-refractivity contribution in [2.24, 2.45) is 7.05 Å². The number of anilines is 2. The molecule has 0 radical (unpaired) electrons. The van der Waals surface area contributed by atoms with Crippen LogP contribution in [0.25, 0.3) is 11.1 Å². The molecule has 0 atom stereocenters. The number of benzene rings is 1. The molecule has 0 unspecified atom stereocenters. The van der Waals surface area contributed by atoms with Crippen LogP contribution in [0.3, 0.4) is 0 Å². The van der Waals surface area contributed by atoms with Crippen molar-refractivity contribution in [1.82, 2.24) is 14.8 Å². The lowest BCUT2D eigenvalue weighted by Gasteiger charge is -1.93. The van der Waals surface area contributed by atoms with Crippen LogP contribution in [0.2, 0.25) is 0 Å². The summed E-state index contributed by atoms with van der Waals surface area (Å²) in [7, 11) is 1.79. The second kappa shape index (κ2) is 4.09. The van der Waals surface area contributed by atoms with Crippen molar-refractivity contribution in [3.63, 3.8) is 0 Å². The summed E-state index contributed by atoms with van der Waals surface area (Å²) in [5, 5.41) is 17.7. The Morgan fingerprint density at radius 2 is 2.26 bits per heavy atom. The molecule has 2 heterocycles. The minimum absolute atomic E-state index is 0.0230. The molecule has 0 saturated heterocycles. The fraction of sp³-hybridized carbons (Fsp3) is 0.0909. The quantitative estimate of drug-likeness (QED) is 0.571. The zero-order chi connectivity index (χ0) is 13.4. The molecule has 1 N–H and O–H groups in total. The predicted molar refractivity (Wildman–Crippen MR) is 67.2 cm³/mol. The van der Waals surface area contributed by atoms with Gasteiger partial charge in [0.25, 0.3) is 5.69 Å². The van der Waals surface area contributed by atoms with Gasteiger partial charge in [-0.15, -0.1) is 0 Å². The van der Waals surface area contributed by atoms with E-state index in [1.807, 2.05) is 0 Å². The molecule has 19 heavy (non-hydrogen) atoms. The van der Waals surface area contributed by atoms with Gasteiger partial charge >= 0.3 is 6.01 Å². The van der Waals surface area contributed by atoms with E-state index in [0.717, 1.165) is 0 Å². The molecular weight excluding hydrogens is 250 g/mol. The van der Waals surface area contributed by atoms with E-state index in [4.69, 9.17) is 4.42 Å². The molecule has 0 spiro atoms. The third-order valence-corrected chi connectivity index (χ3v) is 2.53. The first kappa shape index (κ1) is 11.2. The normalized spacial score (nSPS) is 10.8. The van der Waals surface area contributed by atoms with Gasteiger partial charge in [-0.2, -0.15) is 10.1 Å². The number of oxazole rings is 1. The van der Waals surface area contributed by atoms with Crippen molar-refractivity contribution in [2.45, 2.75) is 0 Å². The van der Waals surface area contributed by atoms with Gasteiger partial charge in [-0.25, -0.2) is 0 Å². The average Bonchev–Trinajstić information content (AvgIpc) is 2.94. The number of aryl methyl sites for hydroxylation is 1. The largest absolute Gasteiger partial charge is 0.423 e. The van der Waals surface area contributed by atoms with Crippen LogP contribution in [0.4, 0.5) is 17.5 Å². The van der Waals surface area contributed by atoms with Crippen molar-refractivity contribution in [1.29, 1.82) is 0 Å². The molecule has 0 aliphatic heterocycles. The molecule has 0 bridgehead atoms. The van der Waals surface area contributed by atoms with Crippen LogP contribution < -0.4 is 5.32 Å². The lowest BCUT2D eigenvalue weighted by molar-refractivity contribution is -0.384. The third-order valence-electron chi connectivity index (χ3n) is 2.53. The highest BCUT2D eigenvalue weighted by atomic mass is 16.6. The molecule has 0 fully saturated rings. The highest BCUT2D eigenvalue weighted by Gasteiger charge is 2.12. The summed E-state index contributed by atoms with van der Waals surface area (Å²) in [5.41, 5.74) is 0.877. The maximum absolute atomic E-state index is 10.7. The summed E-state index contributed by atoms with van der Waals surface area (Å²) in [6, 6.07) is 6.26. The molecule has 0 saturated carbocycles. The number of nitrogens with zero attached hydrogens (tertiary/aromatic N) is 4. The zero-order valence-corrected chi connectivity index (χ0v) is 9.90. The number of nitrogens with one attached hydrogen (secondary N) is 1. The van der Waals surface area contributed by atoms with Gasteiger partial charge < -0.3 is 4.42 Å². The highest BCUT2D eigenvalue weighted by Crippen LogP contribution is 2.24. The monoisotopic (exact) mass is 259 g/mol. The van der Waals surface area contributed by atoms with Crippen LogP contribution in [-0.4, -0.2) is 19.7 Å². The van der Waals surface area contributed by atoms with Crippen LogP contribution in [-0.2, 0) is 7.05 Å². The van der Waals surface area contributed by atoms with Gasteiger partial charge in [0.2, 0.25) is 0 Å². The number of non-ortho nitro benzene ring substituents is 1. The average molecular weight is 259 g/mol. The van der Waals surface area contributed by atoms with Crippen molar-refractivity contribution in [3.8, 4) is 0 Å². The molecule has 8 heteroatoms. The lowest BCUT2D eigenvalue weighted by Crippen LogP contribution is -1.93. The molecule has 96 valence electrons. The van der Waals surface area contributed by atoms with Gasteiger partial charge in [0.15, 0.2) is 11.4 Å². The first-order valence-corrected chi connectivity index (χ1v) is 5.43. The topological polar surface area (TPSA) is 99.0 Å². The number of nitro groups is 1. The molecule has 1 aromatic carbocycles. The van der Waals surface area contributed by atoms with E-state index in [9.17, 15) is 10.1 Å². The maximum Gasteiger partial charge on any atom is 0.301 e. The van der Waals surface area contributed by atoms with Crippen molar-refractivity contribution >= 4 is 28.6 Å². The maximum atomic E-state index is 10.7. The molecule has 8 nitrogen and oxygen atoms in total. The van der Waals surface area contributed by atoms with Crippen LogP contribution >= 0.6 is 0 Å². The standard InChI is InChI=1S/C11H9N5O3/c1-15-5-4-10(14-15)13-11-12-8-6-7(16(17)18)2-3-9(8)19-11/h2-6H,1H3,(H,12,13,14). The van der Waals surface area contributed by atoms with E-state index >= 15 is 0 Å². The number of nitro benzene ring substituents is 1. The van der Waals surface area contributed by atoms with Crippen molar-refractivity contribution in [2.75, 3.05) is 5.32 Å². The Morgan fingerprint density at radius 1 is 1.42 bits per heavy atom. The number of rotatable bonds is 3. The van der Waals surface area contributed by atoms with Gasteiger partial charge in [0.05, 0.1) is 4.92 Å². The molecule has 3 rings (SSSR count). The highest BCUT2D eigenvalue weighted by molar-refractivity contribution is 5.77. The van der Waals surface area contributed by atoms with Gasteiger partial charge in [0, 0.05) is 31.4 Å². The first-order chi connectivity index (χ1) is 9.11. The van der Waals surface area contributed by atoms with Crippen molar-refractivity contribution < 1.29 is 9.34 Å². The second-order valence-corrected chi connectivity index (χ2v) is 3.93. The van der Waals surface area contributed by atoms with Crippen LogP contribution in [0.15, 0.2) is 34.9 Å². The van der Waals surface area contributed by atoms with Crippen molar-refractivity contribution in [3.05, 3.63) is 40.6 Å². The lowest BCUT2D eigenvalue weighted by atomic mass is 10.3. The summed E-state index contributed by atoms with van der Waals surface area (Å²) < 4.78 is 7.06.